The Balaban J connectivity index is 1.84. The van der Waals surface area contributed by atoms with Gasteiger partial charge in [-0.25, -0.2) is 0 Å². The first-order chi connectivity index (χ1) is 12.4. The lowest BCUT2D eigenvalue weighted by molar-refractivity contribution is -0.127. The number of allylic oxidation sites excluding steroid dienone is 1. The average Bonchev–Trinajstić information content (AvgIpc) is 3.09. The Morgan fingerprint density at radius 3 is 2.81 bits per heavy atom. The number of carbonyl (C=O) groups is 1. The molecule has 2 saturated carbocycles. The molecule has 0 unspecified atom stereocenters. The van der Waals surface area contributed by atoms with Gasteiger partial charge in [0.05, 0.1) is 18.8 Å². The molecule has 0 spiro atoms. The summed E-state index contributed by atoms with van der Waals surface area (Å²) >= 11 is 0. The van der Waals surface area contributed by atoms with Crippen molar-refractivity contribution < 1.29 is 15.0 Å². The van der Waals surface area contributed by atoms with Crippen LogP contribution in [0.3, 0.4) is 0 Å². The normalized spacial score (nSPS) is 30.7. The predicted octanol–water partition coefficient (Wildman–Crippen LogP) is 2.45. The molecular weight excluding hydrogens is 328 g/mol. The Bertz CT molecular complexity index is 515. The van der Waals surface area contributed by atoms with E-state index in [9.17, 15) is 15.0 Å². The number of carbonyl (C=O) groups excluding carboxylic acids is 1. The first-order valence-electron chi connectivity index (χ1n) is 10.1. The Morgan fingerprint density at radius 2 is 2.12 bits per heavy atom. The van der Waals surface area contributed by atoms with E-state index in [4.69, 9.17) is 0 Å². The first-order valence-corrected chi connectivity index (χ1v) is 10.1. The molecule has 0 saturated heterocycles. The maximum atomic E-state index is 11.6. The summed E-state index contributed by atoms with van der Waals surface area (Å²) in [6.07, 6.45) is 12.2. The molecule has 0 aromatic heterocycles. The molecule has 1 amide bonds. The van der Waals surface area contributed by atoms with Gasteiger partial charge in [-0.3, -0.25) is 4.79 Å². The highest BCUT2D eigenvalue weighted by Crippen LogP contribution is 2.50. The van der Waals surface area contributed by atoms with Gasteiger partial charge in [0.15, 0.2) is 0 Å². The van der Waals surface area contributed by atoms with Crippen LogP contribution in [0.5, 0.6) is 0 Å². The topological polar surface area (TPSA) is 72.8 Å². The summed E-state index contributed by atoms with van der Waals surface area (Å²) in [6, 6.07) is 0. The van der Waals surface area contributed by atoms with Crippen LogP contribution in [-0.2, 0) is 4.79 Å². The van der Waals surface area contributed by atoms with Crippen molar-refractivity contribution in [3.8, 4) is 0 Å². The second-order valence-electron chi connectivity index (χ2n) is 8.13. The van der Waals surface area contributed by atoms with Gasteiger partial charge in [-0.1, -0.05) is 43.9 Å². The van der Waals surface area contributed by atoms with Crippen LogP contribution < -0.4 is 5.32 Å². The van der Waals surface area contributed by atoms with Gasteiger partial charge in [0, 0.05) is 20.0 Å². The number of likely N-dealkylation sites (N-methyl/N-ethyl adjacent to an activating group) is 1. The molecule has 5 heteroatoms. The highest BCUT2D eigenvalue weighted by Gasteiger charge is 2.45. The number of aliphatic hydroxyl groups is 2. The van der Waals surface area contributed by atoms with E-state index in [0.29, 0.717) is 18.4 Å². The molecule has 0 aromatic rings. The second kappa shape index (κ2) is 10.1. The predicted molar refractivity (Wildman–Crippen MR) is 104 cm³/mol. The van der Waals surface area contributed by atoms with Gasteiger partial charge in [-0.15, -0.1) is 0 Å². The van der Waals surface area contributed by atoms with Gasteiger partial charge in [-0.05, 0) is 43.7 Å². The van der Waals surface area contributed by atoms with E-state index in [1.807, 2.05) is 12.3 Å². The number of rotatable bonds is 9. The Kier molecular flexibility index (Phi) is 8.16. The maximum absolute atomic E-state index is 11.6. The number of nitrogens with one attached hydrogen (secondary N) is 1. The Morgan fingerprint density at radius 1 is 1.35 bits per heavy atom. The van der Waals surface area contributed by atoms with E-state index < -0.39 is 6.10 Å². The lowest BCUT2D eigenvalue weighted by Crippen LogP contribution is -2.30. The number of hydrogen-bond acceptors (Lipinski definition) is 4. The fourth-order valence-corrected chi connectivity index (χ4v) is 4.29. The molecule has 148 valence electrons. The second-order valence-corrected chi connectivity index (χ2v) is 8.13. The number of nitrogens with zero attached hydrogens (tertiary/aromatic N) is 1. The first kappa shape index (κ1) is 21.0. The molecule has 2 aliphatic rings. The molecule has 2 aliphatic carbocycles. The van der Waals surface area contributed by atoms with Crippen molar-refractivity contribution in [1.29, 1.82) is 0 Å². The van der Waals surface area contributed by atoms with Crippen LogP contribution in [0.15, 0.2) is 23.9 Å². The molecule has 0 aromatic carbocycles. The van der Waals surface area contributed by atoms with Gasteiger partial charge >= 0.3 is 0 Å². The minimum absolute atomic E-state index is 0.0633. The van der Waals surface area contributed by atoms with E-state index in [-0.39, 0.29) is 17.9 Å². The standard InChI is InChI=1S/C21H36N2O3/c1-4-5-6-7-17(24)8-9-18-19-11-15(10-16(19)12-20(18)25)13-22-14-21(26)23(2)3/h8-9,13,16-20,22,24-25H,4-7,10-12,14H2,1-3H3/b9-8+,15-13?/t16-,17-,18+,19-,20+/m0/s1. The van der Waals surface area contributed by atoms with E-state index in [0.717, 1.165) is 44.9 Å². The van der Waals surface area contributed by atoms with Gasteiger partial charge in [0.1, 0.15) is 0 Å². The van der Waals surface area contributed by atoms with Gasteiger partial charge in [0.25, 0.3) is 0 Å². The fraction of sp³-hybridized carbons (Fsp3) is 0.762. The highest BCUT2D eigenvalue weighted by molar-refractivity contribution is 5.77. The van der Waals surface area contributed by atoms with Crippen molar-refractivity contribution in [3.63, 3.8) is 0 Å². The van der Waals surface area contributed by atoms with E-state index in [1.54, 1.807) is 19.0 Å². The number of amides is 1. The molecule has 26 heavy (non-hydrogen) atoms. The van der Waals surface area contributed by atoms with Gasteiger partial charge in [0.2, 0.25) is 5.91 Å². The lowest BCUT2D eigenvalue weighted by atomic mass is 9.90. The highest BCUT2D eigenvalue weighted by atomic mass is 16.3. The van der Waals surface area contributed by atoms with E-state index in [2.05, 4.69) is 18.3 Å². The maximum Gasteiger partial charge on any atom is 0.241 e. The summed E-state index contributed by atoms with van der Waals surface area (Å²) in [4.78, 5) is 13.2. The summed E-state index contributed by atoms with van der Waals surface area (Å²) in [6.45, 7) is 2.48. The number of fused-ring (bicyclic) bond motifs is 1. The van der Waals surface area contributed by atoms with Crippen molar-refractivity contribution >= 4 is 5.91 Å². The number of aliphatic hydroxyl groups excluding tert-OH is 2. The number of unbranched alkanes of at least 4 members (excludes halogenated alkanes) is 2. The third kappa shape index (κ3) is 5.85. The van der Waals surface area contributed by atoms with Crippen LogP contribution in [0.25, 0.3) is 0 Å². The van der Waals surface area contributed by atoms with Crippen molar-refractivity contribution in [3.05, 3.63) is 23.9 Å². The van der Waals surface area contributed by atoms with Crippen molar-refractivity contribution in [2.75, 3.05) is 20.6 Å². The fourth-order valence-electron chi connectivity index (χ4n) is 4.29. The Labute approximate surface area is 158 Å². The van der Waals surface area contributed by atoms with Crippen LogP contribution in [0.4, 0.5) is 0 Å². The van der Waals surface area contributed by atoms with Crippen LogP contribution in [-0.4, -0.2) is 53.9 Å². The van der Waals surface area contributed by atoms with Crippen LogP contribution in [0, 0.1) is 17.8 Å². The molecule has 0 radical (unpaired) electrons. The van der Waals surface area contributed by atoms with Crippen molar-refractivity contribution in [1.82, 2.24) is 10.2 Å². The molecule has 5 atom stereocenters. The van der Waals surface area contributed by atoms with Gasteiger partial charge < -0.3 is 20.4 Å². The summed E-state index contributed by atoms with van der Waals surface area (Å²) in [7, 11) is 3.51. The summed E-state index contributed by atoms with van der Waals surface area (Å²) in [5, 5.41) is 23.6. The summed E-state index contributed by atoms with van der Waals surface area (Å²) in [5.74, 6) is 1.15. The molecule has 0 heterocycles. The average molecular weight is 365 g/mol. The third-order valence-corrected chi connectivity index (χ3v) is 5.83. The third-order valence-electron chi connectivity index (χ3n) is 5.83. The molecular formula is C21H36N2O3. The lowest BCUT2D eigenvalue weighted by Gasteiger charge is -2.18. The molecule has 2 fully saturated rings. The monoisotopic (exact) mass is 364 g/mol. The van der Waals surface area contributed by atoms with Gasteiger partial charge in [-0.2, -0.15) is 0 Å². The zero-order valence-corrected chi connectivity index (χ0v) is 16.5. The molecule has 0 aliphatic heterocycles. The Hall–Kier alpha value is -1.33. The zero-order valence-electron chi connectivity index (χ0n) is 16.5. The quantitative estimate of drug-likeness (QED) is 0.434. The largest absolute Gasteiger partial charge is 0.392 e. The SMILES string of the molecule is CCCCC[C@H](O)/C=C/[C@@H]1[C@H]2CC(=CNCC(=O)N(C)C)C[C@H]2C[C@H]1O. The summed E-state index contributed by atoms with van der Waals surface area (Å²) in [5.41, 5.74) is 1.33. The van der Waals surface area contributed by atoms with Crippen molar-refractivity contribution in [2.24, 2.45) is 17.8 Å². The minimum atomic E-state index is -0.400. The minimum Gasteiger partial charge on any atom is -0.392 e. The van der Waals surface area contributed by atoms with Crippen LogP contribution in [0.2, 0.25) is 0 Å². The molecule has 3 N–H and O–H groups in total. The molecule has 2 rings (SSSR count). The smallest absolute Gasteiger partial charge is 0.241 e. The zero-order chi connectivity index (χ0) is 19.1. The van der Waals surface area contributed by atoms with Crippen LogP contribution in [0.1, 0.15) is 51.9 Å². The van der Waals surface area contributed by atoms with Crippen LogP contribution >= 0.6 is 0 Å². The molecule has 5 nitrogen and oxygen atoms in total. The number of hydrogen-bond donors (Lipinski definition) is 3. The molecule has 0 bridgehead atoms. The van der Waals surface area contributed by atoms with E-state index >= 15 is 0 Å². The van der Waals surface area contributed by atoms with Crippen molar-refractivity contribution in [2.45, 2.75) is 64.1 Å². The van der Waals surface area contributed by atoms with E-state index in [1.165, 1.54) is 5.57 Å². The summed E-state index contributed by atoms with van der Waals surface area (Å²) < 4.78 is 0.